The first-order valence-corrected chi connectivity index (χ1v) is 11.4. The first-order chi connectivity index (χ1) is 14.7. The van der Waals surface area contributed by atoms with Gasteiger partial charge in [0.25, 0.3) is 0 Å². The van der Waals surface area contributed by atoms with Crippen LogP contribution in [-0.4, -0.2) is 40.3 Å². The Hall–Kier alpha value is -2.44. The number of carbonyl (C=O) groups excluding carboxylic acids is 1. The van der Waals surface area contributed by atoms with E-state index < -0.39 is 6.17 Å². The summed E-state index contributed by atoms with van der Waals surface area (Å²) in [7, 11) is 0. The maximum Gasteiger partial charge on any atom is 0.321 e. The standard InChI is InChI=1S/C24H33FN4O2/c1-14(2)16-7-6-8-17(15(3)4)20(16)26-23(30)29-11-9-24(5,10-12-29)22-27-21(31-28-22)18-13-19(18)25/h6-8,14-15,18-19H,9-13H2,1-5H3,(H,26,30)/t18-,19+/m1/s1. The summed E-state index contributed by atoms with van der Waals surface area (Å²) in [6.07, 6.45) is 1.11. The summed E-state index contributed by atoms with van der Waals surface area (Å²) in [4.78, 5) is 19.5. The second kappa shape index (κ2) is 8.24. The molecule has 0 unspecified atom stereocenters. The fraction of sp³-hybridized carbons (Fsp3) is 0.625. The summed E-state index contributed by atoms with van der Waals surface area (Å²) in [5, 5.41) is 7.34. The summed E-state index contributed by atoms with van der Waals surface area (Å²) < 4.78 is 18.6. The van der Waals surface area contributed by atoms with Crippen molar-refractivity contribution in [3.05, 3.63) is 41.0 Å². The van der Waals surface area contributed by atoms with Crippen molar-refractivity contribution in [3.8, 4) is 0 Å². The van der Waals surface area contributed by atoms with E-state index in [1.807, 2.05) is 4.90 Å². The van der Waals surface area contributed by atoms with Gasteiger partial charge in [0.15, 0.2) is 5.82 Å². The maximum absolute atomic E-state index is 13.3. The van der Waals surface area contributed by atoms with Crippen molar-refractivity contribution in [2.24, 2.45) is 0 Å². The number of hydrogen-bond donors (Lipinski definition) is 1. The highest BCUT2D eigenvalue weighted by molar-refractivity contribution is 5.91. The number of likely N-dealkylation sites (tertiary alicyclic amines) is 1. The van der Waals surface area contributed by atoms with Crippen LogP contribution in [0.1, 0.15) is 94.5 Å². The number of halogens is 1. The zero-order valence-electron chi connectivity index (χ0n) is 19.1. The van der Waals surface area contributed by atoms with Crippen molar-refractivity contribution in [2.45, 2.75) is 83.2 Å². The molecule has 2 aromatic rings. The Morgan fingerprint density at radius 1 is 1.19 bits per heavy atom. The fourth-order valence-corrected chi connectivity index (χ4v) is 4.36. The monoisotopic (exact) mass is 428 g/mol. The van der Waals surface area contributed by atoms with Gasteiger partial charge < -0.3 is 14.7 Å². The van der Waals surface area contributed by atoms with Gasteiger partial charge in [-0.1, -0.05) is 58.0 Å². The summed E-state index contributed by atoms with van der Waals surface area (Å²) in [5.74, 6) is 1.46. The Balaban J connectivity index is 1.44. The molecule has 2 atom stereocenters. The maximum atomic E-state index is 13.3. The number of carbonyl (C=O) groups is 1. The first-order valence-electron chi connectivity index (χ1n) is 11.4. The Bertz CT molecular complexity index is 921. The molecule has 7 heteroatoms. The Kier molecular flexibility index (Phi) is 5.79. The van der Waals surface area contributed by atoms with Crippen LogP contribution in [0, 0.1) is 0 Å². The van der Waals surface area contributed by atoms with Gasteiger partial charge in [0.05, 0.1) is 5.92 Å². The van der Waals surface area contributed by atoms with Gasteiger partial charge in [0.2, 0.25) is 5.89 Å². The fourth-order valence-electron chi connectivity index (χ4n) is 4.36. The number of para-hydroxylation sites is 1. The Labute approximate surface area is 183 Å². The molecule has 0 spiro atoms. The van der Waals surface area contributed by atoms with Crippen LogP contribution in [-0.2, 0) is 5.41 Å². The van der Waals surface area contributed by atoms with Gasteiger partial charge in [-0.3, -0.25) is 0 Å². The molecular weight excluding hydrogens is 395 g/mol. The van der Waals surface area contributed by atoms with Crippen LogP contribution in [0.5, 0.6) is 0 Å². The summed E-state index contributed by atoms with van der Waals surface area (Å²) in [6.45, 7) is 11.9. The number of rotatable bonds is 5. The lowest BCUT2D eigenvalue weighted by Crippen LogP contribution is -2.46. The molecule has 0 bridgehead atoms. The van der Waals surface area contributed by atoms with Gasteiger partial charge in [-0.25, -0.2) is 9.18 Å². The quantitative estimate of drug-likeness (QED) is 0.660. The van der Waals surface area contributed by atoms with Crippen molar-refractivity contribution in [2.75, 3.05) is 18.4 Å². The van der Waals surface area contributed by atoms with E-state index in [-0.39, 0.29) is 17.4 Å². The molecule has 4 rings (SSSR count). The highest BCUT2D eigenvalue weighted by atomic mass is 19.1. The van der Waals surface area contributed by atoms with E-state index in [0.717, 1.165) is 29.7 Å². The number of nitrogens with zero attached hydrogens (tertiary/aromatic N) is 3. The second-order valence-corrected chi connectivity index (χ2v) is 9.91. The molecule has 31 heavy (non-hydrogen) atoms. The third-order valence-corrected chi connectivity index (χ3v) is 6.77. The van der Waals surface area contributed by atoms with Crippen molar-refractivity contribution in [3.63, 3.8) is 0 Å². The number of piperidine rings is 1. The molecule has 1 aromatic carbocycles. The number of aromatic nitrogens is 2. The highest BCUT2D eigenvalue weighted by Gasteiger charge is 2.45. The average Bonchev–Trinajstić information content (AvgIpc) is 3.24. The number of anilines is 1. The molecule has 0 radical (unpaired) electrons. The first kappa shape index (κ1) is 21.8. The van der Waals surface area contributed by atoms with E-state index in [4.69, 9.17) is 4.52 Å². The number of hydrogen-bond acceptors (Lipinski definition) is 4. The normalized spacial score (nSPS) is 22.8. The zero-order valence-corrected chi connectivity index (χ0v) is 19.1. The van der Waals surface area contributed by atoms with Crippen molar-refractivity contribution < 1.29 is 13.7 Å². The predicted molar refractivity (Wildman–Crippen MR) is 118 cm³/mol. The SMILES string of the molecule is CC(C)c1cccc(C(C)C)c1NC(=O)N1CCC(C)(c2noc([C@@H]3C[C@@H]3F)n2)CC1. The summed E-state index contributed by atoms with van der Waals surface area (Å²) in [5.41, 5.74) is 3.00. The molecule has 2 aliphatic rings. The molecule has 1 saturated carbocycles. The molecule has 2 heterocycles. The van der Waals surface area contributed by atoms with Gasteiger partial charge in [0, 0.05) is 24.2 Å². The van der Waals surface area contributed by atoms with E-state index in [2.05, 4.69) is 68.3 Å². The molecule has 1 aliphatic heterocycles. The largest absolute Gasteiger partial charge is 0.339 e. The molecule has 2 fully saturated rings. The van der Waals surface area contributed by atoms with Crippen LogP contribution >= 0.6 is 0 Å². The minimum absolute atomic E-state index is 0.0656. The highest BCUT2D eigenvalue weighted by Crippen LogP contribution is 2.44. The van der Waals surface area contributed by atoms with E-state index >= 15 is 0 Å². The van der Waals surface area contributed by atoms with Gasteiger partial charge in [0.1, 0.15) is 6.17 Å². The minimum Gasteiger partial charge on any atom is -0.339 e. The van der Waals surface area contributed by atoms with Crippen LogP contribution < -0.4 is 5.32 Å². The van der Waals surface area contributed by atoms with Gasteiger partial charge in [-0.05, 0) is 42.2 Å². The van der Waals surface area contributed by atoms with Gasteiger partial charge in [-0.15, -0.1) is 0 Å². The van der Waals surface area contributed by atoms with Crippen LogP contribution in [0.3, 0.4) is 0 Å². The van der Waals surface area contributed by atoms with Crippen LogP contribution in [0.2, 0.25) is 0 Å². The topological polar surface area (TPSA) is 71.3 Å². The number of amides is 2. The lowest BCUT2D eigenvalue weighted by atomic mass is 9.79. The zero-order chi connectivity index (χ0) is 22.3. The van der Waals surface area contributed by atoms with Gasteiger partial charge in [-0.2, -0.15) is 4.98 Å². The lowest BCUT2D eigenvalue weighted by Gasteiger charge is -2.37. The van der Waals surface area contributed by atoms with Crippen LogP contribution in [0.4, 0.5) is 14.9 Å². The average molecular weight is 429 g/mol. The summed E-state index contributed by atoms with van der Waals surface area (Å²) in [6, 6.07) is 6.19. The van der Waals surface area contributed by atoms with Gasteiger partial charge >= 0.3 is 6.03 Å². The number of nitrogens with one attached hydrogen (secondary N) is 1. The molecule has 168 valence electrons. The second-order valence-electron chi connectivity index (χ2n) is 9.91. The van der Waals surface area contributed by atoms with E-state index in [1.165, 1.54) is 0 Å². The molecule has 1 aromatic heterocycles. The predicted octanol–water partition coefficient (Wildman–Crippen LogP) is 5.73. The smallest absolute Gasteiger partial charge is 0.321 e. The third kappa shape index (κ3) is 4.32. The lowest BCUT2D eigenvalue weighted by molar-refractivity contribution is 0.169. The van der Waals surface area contributed by atoms with Crippen molar-refractivity contribution >= 4 is 11.7 Å². The number of benzene rings is 1. The third-order valence-electron chi connectivity index (χ3n) is 6.77. The Morgan fingerprint density at radius 3 is 2.29 bits per heavy atom. The van der Waals surface area contributed by atoms with Crippen molar-refractivity contribution in [1.29, 1.82) is 0 Å². The molecule has 2 amide bonds. The minimum atomic E-state index is -0.851. The van der Waals surface area contributed by atoms with E-state index in [0.29, 0.717) is 43.1 Å². The molecule has 1 N–H and O–H groups in total. The Morgan fingerprint density at radius 2 is 1.77 bits per heavy atom. The molecule has 1 saturated heterocycles. The molecule has 6 nitrogen and oxygen atoms in total. The number of alkyl halides is 1. The van der Waals surface area contributed by atoms with Crippen LogP contribution in [0.25, 0.3) is 0 Å². The van der Waals surface area contributed by atoms with Crippen LogP contribution in [0.15, 0.2) is 22.7 Å². The van der Waals surface area contributed by atoms with E-state index in [1.54, 1.807) is 0 Å². The molecule has 1 aliphatic carbocycles. The van der Waals surface area contributed by atoms with E-state index in [9.17, 15) is 9.18 Å². The molecular formula is C24H33FN4O2. The number of urea groups is 1. The summed E-state index contributed by atoms with van der Waals surface area (Å²) >= 11 is 0. The van der Waals surface area contributed by atoms with Crippen molar-refractivity contribution in [1.82, 2.24) is 15.0 Å².